The van der Waals surface area contributed by atoms with Gasteiger partial charge in [-0.2, -0.15) is 5.10 Å². The molecule has 162 valence electrons. The number of hydrogen-bond acceptors (Lipinski definition) is 6. The zero-order valence-electron chi connectivity index (χ0n) is 18.2. The molecule has 0 aliphatic carbocycles. The first kappa shape index (κ1) is 21.0. The van der Waals surface area contributed by atoms with Crippen molar-refractivity contribution in [2.24, 2.45) is 10.2 Å². The first-order chi connectivity index (χ1) is 15.3. The Morgan fingerprint density at radius 3 is 2.62 bits per heavy atom. The number of nitrogens with zero attached hydrogens (tertiary/aromatic N) is 6. The Kier molecular flexibility index (Phi) is 5.32. The lowest BCUT2D eigenvalue weighted by Crippen LogP contribution is -2.12. The van der Waals surface area contributed by atoms with Crippen molar-refractivity contribution in [1.29, 1.82) is 0 Å². The second-order valence-corrected chi connectivity index (χ2v) is 8.06. The molecule has 0 aliphatic rings. The number of rotatable bonds is 5. The summed E-state index contributed by atoms with van der Waals surface area (Å²) < 4.78 is 7.37. The lowest BCUT2D eigenvalue weighted by molar-refractivity contribution is 0.323. The quantitative estimate of drug-likeness (QED) is 0.339. The first-order valence-corrected chi connectivity index (χ1v) is 10.0. The van der Waals surface area contributed by atoms with Gasteiger partial charge in [-0.1, -0.05) is 51.1 Å². The van der Waals surface area contributed by atoms with Crippen molar-refractivity contribution in [3.8, 4) is 17.1 Å². The number of aromatic amines is 2. The van der Waals surface area contributed by atoms with Crippen molar-refractivity contribution in [1.82, 2.24) is 24.6 Å². The maximum atomic E-state index is 12.8. The molecule has 10 heteroatoms. The molecule has 0 amide bonds. The van der Waals surface area contributed by atoms with Crippen LogP contribution >= 0.6 is 0 Å². The fourth-order valence-electron chi connectivity index (χ4n) is 3.23. The number of nitrogens with one attached hydrogen (secondary N) is 2. The fourth-order valence-corrected chi connectivity index (χ4v) is 3.23. The molecule has 3 heterocycles. The van der Waals surface area contributed by atoms with E-state index in [0.717, 1.165) is 5.56 Å². The van der Waals surface area contributed by atoms with Gasteiger partial charge in [0.25, 0.3) is 11.2 Å². The molecule has 0 spiro atoms. The summed E-state index contributed by atoms with van der Waals surface area (Å²) in [5, 5.41) is 15.2. The van der Waals surface area contributed by atoms with Gasteiger partial charge in [-0.15, -0.1) is 10.2 Å². The lowest BCUT2D eigenvalue weighted by Gasteiger charge is -2.16. The minimum Gasteiger partial charge on any atom is -0.477 e. The number of azo groups is 1. The molecule has 4 rings (SSSR count). The molecule has 0 fully saturated rings. The van der Waals surface area contributed by atoms with Crippen LogP contribution in [0.25, 0.3) is 21.9 Å². The minimum absolute atomic E-state index is 0.0346. The summed E-state index contributed by atoms with van der Waals surface area (Å²) >= 11 is 0. The van der Waals surface area contributed by atoms with Gasteiger partial charge in [0.15, 0.2) is 0 Å². The van der Waals surface area contributed by atoms with Crippen LogP contribution in [0.2, 0.25) is 0 Å². The Morgan fingerprint density at radius 2 is 1.97 bits per heavy atom. The highest BCUT2D eigenvalue weighted by molar-refractivity contribution is 5.67. The predicted octanol–water partition coefficient (Wildman–Crippen LogP) is 5.08. The van der Waals surface area contributed by atoms with Gasteiger partial charge in [0.05, 0.1) is 18.9 Å². The predicted molar refractivity (Wildman–Crippen MR) is 120 cm³/mol. The maximum absolute atomic E-state index is 12.8. The Bertz CT molecular complexity index is 1400. The van der Waals surface area contributed by atoms with E-state index in [1.54, 1.807) is 10.6 Å². The van der Waals surface area contributed by atoms with Crippen LogP contribution in [0.3, 0.4) is 0 Å². The molecule has 0 aliphatic heterocycles. The Hall–Kier alpha value is -4.26. The van der Waals surface area contributed by atoms with Crippen LogP contribution in [-0.2, 0) is 5.41 Å². The summed E-state index contributed by atoms with van der Waals surface area (Å²) in [7, 11) is 0. The average molecular weight is 430 g/mol. The summed E-state index contributed by atoms with van der Waals surface area (Å²) in [4.78, 5) is 23.5. The number of H-pyrrole nitrogens is 2. The van der Waals surface area contributed by atoms with Crippen LogP contribution in [-0.4, -0.2) is 31.2 Å². The van der Waals surface area contributed by atoms with Crippen LogP contribution in [0.15, 0.2) is 51.6 Å². The summed E-state index contributed by atoms with van der Waals surface area (Å²) in [6.45, 7) is 15.5. The molecule has 1 aromatic carbocycles. The highest BCUT2D eigenvalue weighted by Crippen LogP contribution is 2.38. The molecule has 10 nitrogen and oxygen atoms in total. The number of hydrogen-bond donors (Lipinski definition) is 2. The maximum Gasteiger partial charge on any atom is 0.284 e. The Labute approximate surface area is 183 Å². The zero-order chi connectivity index (χ0) is 22.9. The van der Waals surface area contributed by atoms with Crippen LogP contribution in [0.4, 0.5) is 17.2 Å². The van der Waals surface area contributed by atoms with Crippen molar-refractivity contribution < 1.29 is 4.74 Å². The van der Waals surface area contributed by atoms with E-state index in [2.05, 4.69) is 35.2 Å². The zero-order valence-corrected chi connectivity index (χ0v) is 18.2. The first-order valence-electron chi connectivity index (χ1n) is 10.0. The molecule has 3 aromatic heterocycles. The number of fused-ring (bicyclic) bond motifs is 1. The van der Waals surface area contributed by atoms with Crippen molar-refractivity contribution in [2.75, 3.05) is 6.61 Å². The second kappa shape index (κ2) is 8.11. The van der Waals surface area contributed by atoms with Crippen molar-refractivity contribution >= 4 is 23.0 Å². The van der Waals surface area contributed by atoms with Crippen LogP contribution in [0.5, 0.6) is 5.88 Å². The van der Waals surface area contributed by atoms with Gasteiger partial charge in [-0.05, 0) is 12.3 Å². The van der Waals surface area contributed by atoms with Gasteiger partial charge in [-0.3, -0.25) is 19.3 Å². The number of benzene rings is 1. The van der Waals surface area contributed by atoms with E-state index in [0.29, 0.717) is 23.8 Å². The Morgan fingerprint density at radius 1 is 1.22 bits per heavy atom. The summed E-state index contributed by atoms with van der Waals surface area (Å²) in [6, 6.07) is 9.60. The summed E-state index contributed by atoms with van der Waals surface area (Å²) in [6.07, 6.45) is 1.77. The van der Waals surface area contributed by atoms with E-state index in [4.69, 9.17) is 11.3 Å². The Balaban J connectivity index is 1.84. The molecule has 0 bridgehead atoms. The average Bonchev–Trinajstić information content (AvgIpc) is 3.37. The molecule has 32 heavy (non-hydrogen) atoms. The second-order valence-electron chi connectivity index (χ2n) is 8.06. The fraction of sp³-hybridized carbons (Fsp3) is 0.273. The lowest BCUT2D eigenvalue weighted by atomic mass is 9.91. The highest BCUT2D eigenvalue weighted by atomic mass is 16.5. The number of imidazole rings is 1. The standard InChI is InChI=1S/C22H22N8O2/c1-6-32-20-16(26-28-18-15(23-5)17(27-29-18)22(2,3)4)19(31)25-21-24-14(12-30(20)21)13-10-8-7-9-11-13/h7-12H,6H2,1-4H3,(H,27,29)(H,24,25,31). The normalized spacial score (nSPS) is 11.8. The monoisotopic (exact) mass is 430 g/mol. The summed E-state index contributed by atoms with van der Waals surface area (Å²) in [5.74, 6) is 0.649. The van der Waals surface area contributed by atoms with Gasteiger partial charge in [0.1, 0.15) is 0 Å². The SMILES string of the molecule is [C-]#[N+]c1c(N=Nc2c(OCC)n3cc(-c4ccccc4)nc3[nH]c2=O)n[nH]c1C(C)(C)C. The van der Waals surface area contributed by atoms with Crippen molar-refractivity contribution in [2.45, 2.75) is 33.1 Å². The van der Waals surface area contributed by atoms with Gasteiger partial charge < -0.3 is 4.74 Å². The molecule has 0 unspecified atom stereocenters. The van der Waals surface area contributed by atoms with E-state index < -0.39 is 5.56 Å². The van der Waals surface area contributed by atoms with Gasteiger partial charge in [0.2, 0.25) is 23.2 Å². The third-order valence-electron chi connectivity index (χ3n) is 4.75. The largest absolute Gasteiger partial charge is 0.477 e. The van der Waals surface area contributed by atoms with E-state index >= 15 is 0 Å². The van der Waals surface area contributed by atoms with Crippen molar-refractivity contribution in [3.05, 3.63) is 64.0 Å². The molecule has 2 N–H and O–H groups in total. The van der Waals surface area contributed by atoms with Gasteiger partial charge in [0, 0.05) is 17.5 Å². The van der Waals surface area contributed by atoms with Crippen LogP contribution in [0, 0.1) is 6.57 Å². The van der Waals surface area contributed by atoms with Crippen LogP contribution in [0.1, 0.15) is 33.4 Å². The highest BCUT2D eigenvalue weighted by Gasteiger charge is 2.24. The minimum atomic E-state index is -0.508. The molecule has 0 saturated heterocycles. The number of ether oxygens (including phenoxy) is 1. The molecule has 4 aromatic rings. The van der Waals surface area contributed by atoms with Gasteiger partial charge >= 0.3 is 0 Å². The smallest absolute Gasteiger partial charge is 0.284 e. The third-order valence-corrected chi connectivity index (χ3v) is 4.75. The van der Waals surface area contributed by atoms with Crippen molar-refractivity contribution in [3.63, 3.8) is 0 Å². The van der Waals surface area contributed by atoms with E-state index in [1.165, 1.54) is 0 Å². The van der Waals surface area contributed by atoms with Gasteiger partial charge in [-0.25, -0.2) is 9.83 Å². The summed E-state index contributed by atoms with van der Waals surface area (Å²) in [5.41, 5.74) is 1.63. The molecule has 0 atom stereocenters. The molecule has 0 saturated carbocycles. The van der Waals surface area contributed by atoms with Crippen LogP contribution < -0.4 is 10.3 Å². The topological polar surface area (TPSA) is 117 Å². The number of aromatic nitrogens is 5. The molecular formula is C22H22N8O2. The molecular weight excluding hydrogens is 408 g/mol. The van der Waals surface area contributed by atoms with E-state index in [9.17, 15) is 4.79 Å². The van der Waals surface area contributed by atoms with E-state index in [1.807, 2.05) is 58.0 Å². The third kappa shape index (κ3) is 3.76. The van der Waals surface area contributed by atoms with E-state index in [-0.39, 0.29) is 28.5 Å². The molecule has 0 radical (unpaired) electrons.